The standard InChI is InChI=1S/C14H24O4/c15-14(16)13-8-7-12(18-13)10-17-9-11-5-3-1-2-4-6-11/h11-13H,1-10H2,(H,15,16). The van der Waals surface area contributed by atoms with Crippen LogP contribution in [-0.2, 0) is 14.3 Å². The average Bonchev–Trinajstić information content (AvgIpc) is 2.67. The summed E-state index contributed by atoms with van der Waals surface area (Å²) >= 11 is 0. The van der Waals surface area contributed by atoms with Gasteiger partial charge in [0.15, 0.2) is 6.10 Å². The van der Waals surface area contributed by atoms with Gasteiger partial charge in [0.25, 0.3) is 0 Å². The van der Waals surface area contributed by atoms with Crippen LogP contribution in [0.2, 0.25) is 0 Å². The van der Waals surface area contributed by atoms with Crippen molar-refractivity contribution in [1.82, 2.24) is 0 Å². The zero-order chi connectivity index (χ0) is 12.8. The Labute approximate surface area is 109 Å². The van der Waals surface area contributed by atoms with Crippen LogP contribution in [0.25, 0.3) is 0 Å². The highest BCUT2D eigenvalue weighted by atomic mass is 16.6. The minimum atomic E-state index is -0.846. The van der Waals surface area contributed by atoms with Crippen molar-refractivity contribution < 1.29 is 19.4 Å². The molecule has 1 aliphatic carbocycles. The number of hydrogen-bond acceptors (Lipinski definition) is 3. The molecule has 0 aromatic rings. The Morgan fingerprint density at radius 1 is 1.06 bits per heavy atom. The van der Waals surface area contributed by atoms with Gasteiger partial charge in [-0.25, -0.2) is 4.79 Å². The Morgan fingerprint density at radius 3 is 2.39 bits per heavy atom. The second-order valence-corrected chi connectivity index (χ2v) is 5.56. The van der Waals surface area contributed by atoms with Gasteiger partial charge in [-0.05, 0) is 31.6 Å². The Hall–Kier alpha value is -0.610. The molecule has 0 aromatic carbocycles. The molecule has 4 nitrogen and oxygen atoms in total. The Bertz CT molecular complexity index is 259. The van der Waals surface area contributed by atoms with Crippen molar-refractivity contribution in [2.24, 2.45) is 5.92 Å². The topological polar surface area (TPSA) is 55.8 Å². The van der Waals surface area contributed by atoms with Crippen LogP contribution < -0.4 is 0 Å². The molecule has 0 bridgehead atoms. The van der Waals surface area contributed by atoms with Crippen LogP contribution >= 0.6 is 0 Å². The third-order valence-electron chi connectivity index (χ3n) is 4.02. The molecular formula is C14H24O4. The van der Waals surface area contributed by atoms with Gasteiger partial charge in [0.05, 0.1) is 12.7 Å². The van der Waals surface area contributed by atoms with E-state index in [0.29, 0.717) is 18.9 Å². The van der Waals surface area contributed by atoms with E-state index in [9.17, 15) is 4.79 Å². The van der Waals surface area contributed by atoms with Gasteiger partial charge in [0.1, 0.15) is 0 Å². The zero-order valence-corrected chi connectivity index (χ0v) is 11.0. The third-order valence-corrected chi connectivity index (χ3v) is 4.02. The van der Waals surface area contributed by atoms with Crippen molar-refractivity contribution in [3.8, 4) is 0 Å². The maximum absolute atomic E-state index is 10.7. The van der Waals surface area contributed by atoms with Gasteiger partial charge in [0.2, 0.25) is 0 Å². The molecule has 0 radical (unpaired) electrons. The van der Waals surface area contributed by atoms with E-state index in [1.54, 1.807) is 0 Å². The number of ether oxygens (including phenoxy) is 2. The first kappa shape index (κ1) is 13.8. The monoisotopic (exact) mass is 256 g/mol. The number of carboxylic acids is 1. The zero-order valence-electron chi connectivity index (χ0n) is 11.0. The lowest BCUT2D eigenvalue weighted by atomic mass is 10.0. The van der Waals surface area contributed by atoms with Crippen LogP contribution in [0.5, 0.6) is 0 Å². The largest absolute Gasteiger partial charge is 0.479 e. The van der Waals surface area contributed by atoms with Crippen molar-refractivity contribution in [3.05, 3.63) is 0 Å². The molecule has 2 rings (SSSR count). The Balaban J connectivity index is 1.59. The first-order valence-electron chi connectivity index (χ1n) is 7.21. The number of hydrogen-bond donors (Lipinski definition) is 1. The van der Waals surface area contributed by atoms with E-state index in [1.807, 2.05) is 0 Å². The van der Waals surface area contributed by atoms with Gasteiger partial charge in [-0.3, -0.25) is 0 Å². The average molecular weight is 256 g/mol. The molecule has 4 heteroatoms. The smallest absolute Gasteiger partial charge is 0.332 e. The summed E-state index contributed by atoms with van der Waals surface area (Å²) < 4.78 is 11.1. The summed E-state index contributed by atoms with van der Waals surface area (Å²) in [5, 5.41) is 8.83. The van der Waals surface area contributed by atoms with Gasteiger partial charge in [-0.15, -0.1) is 0 Å². The fourth-order valence-corrected chi connectivity index (χ4v) is 2.91. The Morgan fingerprint density at radius 2 is 1.78 bits per heavy atom. The van der Waals surface area contributed by atoms with E-state index in [1.165, 1.54) is 38.5 Å². The molecule has 0 amide bonds. The van der Waals surface area contributed by atoms with Crippen molar-refractivity contribution in [2.75, 3.05) is 13.2 Å². The lowest BCUT2D eigenvalue weighted by molar-refractivity contribution is -0.150. The predicted molar refractivity (Wildman–Crippen MR) is 67.5 cm³/mol. The number of rotatable bonds is 5. The SMILES string of the molecule is O=C(O)C1CCC(COCC2CCCCCC2)O1. The molecule has 2 atom stereocenters. The second kappa shape index (κ2) is 7.10. The molecule has 2 aliphatic rings. The van der Waals surface area contributed by atoms with E-state index >= 15 is 0 Å². The number of carboxylic acid groups (broad SMARTS) is 1. The summed E-state index contributed by atoms with van der Waals surface area (Å²) in [4.78, 5) is 10.7. The lowest BCUT2D eigenvalue weighted by Gasteiger charge is -2.16. The van der Waals surface area contributed by atoms with E-state index in [0.717, 1.165) is 13.0 Å². The predicted octanol–water partition coefficient (Wildman–Crippen LogP) is 2.61. The van der Waals surface area contributed by atoms with Gasteiger partial charge in [-0.2, -0.15) is 0 Å². The number of aliphatic carboxylic acids is 1. The molecule has 2 fully saturated rings. The summed E-state index contributed by atoms with van der Waals surface area (Å²) in [6.07, 6.45) is 8.74. The highest BCUT2D eigenvalue weighted by molar-refractivity contribution is 5.72. The summed E-state index contributed by atoms with van der Waals surface area (Å²) in [7, 11) is 0. The molecule has 1 N–H and O–H groups in total. The normalized spacial score (nSPS) is 30.2. The molecule has 104 valence electrons. The summed E-state index contributed by atoms with van der Waals surface area (Å²) in [5.41, 5.74) is 0. The molecule has 0 spiro atoms. The van der Waals surface area contributed by atoms with E-state index in [-0.39, 0.29) is 6.10 Å². The van der Waals surface area contributed by atoms with Crippen molar-refractivity contribution in [1.29, 1.82) is 0 Å². The lowest BCUT2D eigenvalue weighted by Crippen LogP contribution is -2.23. The van der Waals surface area contributed by atoms with Crippen LogP contribution in [0.4, 0.5) is 0 Å². The van der Waals surface area contributed by atoms with Crippen LogP contribution in [-0.4, -0.2) is 36.5 Å². The molecular weight excluding hydrogens is 232 g/mol. The molecule has 1 saturated carbocycles. The molecule has 18 heavy (non-hydrogen) atoms. The molecule has 1 saturated heterocycles. The highest BCUT2D eigenvalue weighted by Gasteiger charge is 2.30. The van der Waals surface area contributed by atoms with Gasteiger partial charge in [-0.1, -0.05) is 25.7 Å². The minimum absolute atomic E-state index is 0.0168. The highest BCUT2D eigenvalue weighted by Crippen LogP contribution is 2.24. The maximum atomic E-state index is 10.7. The van der Waals surface area contributed by atoms with Crippen LogP contribution in [0.1, 0.15) is 51.4 Å². The van der Waals surface area contributed by atoms with Crippen LogP contribution in [0.3, 0.4) is 0 Å². The first-order valence-corrected chi connectivity index (χ1v) is 7.21. The molecule has 0 aromatic heterocycles. The quantitative estimate of drug-likeness (QED) is 0.768. The van der Waals surface area contributed by atoms with Crippen LogP contribution in [0.15, 0.2) is 0 Å². The van der Waals surface area contributed by atoms with E-state index in [2.05, 4.69) is 0 Å². The maximum Gasteiger partial charge on any atom is 0.332 e. The summed E-state index contributed by atoms with van der Waals surface area (Å²) in [5.74, 6) is -0.148. The van der Waals surface area contributed by atoms with Gasteiger partial charge in [0, 0.05) is 6.61 Å². The molecule has 2 unspecified atom stereocenters. The van der Waals surface area contributed by atoms with E-state index < -0.39 is 12.1 Å². The van der Waals surface area contributed by atoms with E-state index in [4.69, 9.17) is 14.6 Å². The van der Waals surface area contributed by atoms with Crippen molar-refractivity contribution >= 4 is 5.97 Å². The Kier molecular flexibility index (Phi) is 5.45. The third kappa shape index (κ3) is 4.25. The first-order chi connectivity index (χ1) is 8.75. The second-order valence-electron chi connectivity index (χ2n) is 5.56. The van der Waals surface area contributed by atoms with Crippen molar-refractivity contribution in [2.45, 2.75) is 63.6 Å². The summed E-state index contributed by atoms with van der Waals surface area (Å²) in [6, 6.07) is 0. The van der Waals surface area contributed by atoms with Crippen molar-refractivity contribution in [3.63, 3.8) is 0 Å². The molecule has 1 aliphatic heterocycles. The summed E-state index contributed by atoms with van der Waals surface area (Å²) in [6.45, 7) is 1.37. The minimum Gasteiger partial charge on any atom is -0.479 e. The van der Waals surface area contributed by atoms with Gasteiger partial charge < -0.3 is 14.6 Å². The fourth-order valence-electron chi connectivity index (χ4n) is 2.91. The number of carbonyl (C=O) groups is 1. The van der Waals surface area contributed by atoms with Crippen LogP contribution in [0, 0.1) is 5.92 Å². The van der Waals surface area contributed by atoms with Gasteiger partial charge >= 0.3 is 5.97 Å². The molecule has 1 heterocycles. The fraction of sp³-hybridized carbons (Fsp3) is 0.929.